The molecule has 0 saturated carbocycles. The highest BCUT2D eigenvalue weighted by Crippen LogP contribution is 2.29. The van der Waals surface area contributed by atoms with Crippen LogP contribution in [-0.2, 0) is 0 Å². The molecule has 0 spiro atoms. The minimum absolute atomic E-state index is 0.0406. The number of likely N-dealkylation sites (tertiary alicyclic amines) is 1. The maximum atomic E-state index is 12.6. The first-order valence-electron chi connectivity index (χ1n) is 8.95. The van der Waals surface area contributed by atoms with Gasteiger partial charge in [-0.15, -0.1) is 0 Å². The summed E-state index contributed by atoms with van der Waals surface area (Å²) in [6, 6.07) is 8.41. The van der Waals surface area contributed by atoms with Crippen molar-refractivity contribution in [3.63, 3.8) is 0 Å². The van der Waals surface area contributed by atoms with E-state index in [9.17, 15) is 9.59 Å². The summed E-state index contributed by atoms with van der Waals surface area (Å²) in [5.74, 6) is 0.893. The second-order valence-corrected chi connectivity index (χ2v) is 6.55. The van der Waals surface area contributed by atoms with E-state index in [4.69, 9.17) is 4.74 Å². The number of nitrogens with zero attached hydrogens (tertiary/aromatic N) is 4. The molecule has 28 heavy (non-hydrogen) atoms. The van der Waals surface area contributed by atoms with E-state index >= 15 is 0 Å². The Morgan fingerprint density at radius 1 is 1.25 bits per heavy atom. The number of amides is 1. The third-order valence-corrected chi connectivity index (χ3v) is 4.79. The lowest BCUT2D eigenvalue weighted by Gasteiger charge is -2.16. The van der Waals surface area contributed by atoms with Crippen molar-refractivity contribution in [1.82, 2.24) is 24.8 Å². The van der Waals surface area contributed by atoms with Gasteiger partial charge in [-0.1, -0.05) is 0 Å². The highest BCUT2D eigenvalue weighted by atomic mass is 16.5. The Labute approximate surface area is 161 Å². The zero-order valence-corrected chi connectivity index (χ0v) is 15.3. The first kappa shape index (κ1) is 17.8. The van der Waals surface area contributed by atoms with E-state index in [0.29, 0.717) is 41.6 Å². The van der Waals surface area contributed by atoms with Crippen LogP contribution in [0.5, 0.6) is 5.88 Å². The molecule has 0 aromatic carbocycles. The monoisotopic (exact) mass is 377 g/mol. The molecule has 4 heterocycles. The fraction of sp³-hybridized carbons (Fsp3) is 0.250. The molecule has 0 radical (unpaired) electrons. The summed E-state index contributed by atoms with van der Waals surface area (Å²) in [5.41, 5.74) is 1.51. The number of H-pyrrole nitrogens is 1. The van der Waals surface area contributed by atoms with Crippen molar-refractivity contribution >= 4 is 5.91 Å². The molecule has 8 nitrogen and oxygen atoms in total. The summed E-state index contributed by atoms with van der Waals surface area (Å²) in [4.78, 5) is 42.2. The Morgan fingerprint density at radius 2 is 2.07 bits per heavy atom. The summed E-state index contributed by atoms with van der Waals surface area (Å²) >= 11 is 0. The molecule has 1 N–H and O–H groups in total. The van der Waals surface area contributed by atoms with Gasteiger partial charge in [0.25, 0.3) is 11.5 Å². The van der Waals surface area contributed by atoms with Crippen molar-refractivity contribution in [2.45, 2.75) is 12.3 Å². The summed E-state index contributed by atoms with van der Waals surface area (Å²) in [6.07, 6.45) is 5.55. The van der Waals surface area contributed by atoms with Crippen molar-refractivity contribution in [2.75, 3.05) is 20.2 Å². The van der Waals surface area contributed by atoms with E-state index in [1.807, 2.05) is 6.07 Å². The van der Waals surface area contributed by atoms with Gasteiger partial charge in [0, 0.05) is 49.2 Å². The lowest BCUT2D eigenvalue weighted by atomic mass is 10.1. The van der Waals surface area contributed by atoms with Crippen LogP contribution in [0.3, 0.4) is 0 Å². The molecule has 1 aliphatic heterocycles. The minimum Gasteiger partial charge on any atom is -0.481 e. The van der Waals surface area contributed by atoms with Gasteiger partial charge in [0.15, 0.2) is 0 Å². The molecule has 1 fully saturated rings. The molecule has 4 rings (SSSR count). The molecular formula is C20H19N5O3. The van der Waals surface area contributed by atoms with Gasteiger partial charge in [-0.25, -0.2) is 9.97 Å². The zero-order chi connectivity index (χ0) is 19.5. The molecule has 3 aromatic rings. The topological polar surface area (TPSA) is 101 Å². The van der Waals surface area contributed by atoms with Crippen LogP contribution < -0.4 is 10.3 Å². The van der Waals surface area contributed by atoms with Crippen molar-refractivity contribution in [3.8, 4) is 17.1 Å². The smallest absolute Gasteiger partial charge is 0.253 e. The SMILES string of the molecule is COc1ncccc1-c1cc(=O)[nH]c([C@H]2CCN(C(=O)c3ccncc3)C2)n1. The number of hydrogen-bond acceptors (Lipinski definition) is 6. The van der Waals surface area contributed by atoms with Gasteiger partial charge in [0.05, 0.1) is 18.4 Å². The van der Waals surface area contributed by atoms with Crippen molar-refractivity contribution in [3.05, 3.63) is 70.7 Å². The van der Waals surface area contributed by atoms with E-state index in [-0.39, 0.29) is 17.4 Å². The Balaban J connectivity index is 1.60. The Kier molecular flexibility index (Phi) is 4.84. The molecule has 3 aromatic heterocycles. The first-order chi connectivity index (χ1) is 13.7. The highest BCUT2D eigenvalue weighted by Gasteiger charge is 2.30. The van der Waals surface area contributed by atoms with Crippen LogP contribution in [0.1, 0.15) is 28.5 Å². The molecule has 0 bridgehead atoms. The van der Waals surface area contributed by atoms with Gasteiger partial charge in [-0.3, -0.25) is 14.6 Å². The molecule has 1 aliphatic rings. The number of nitrogens with one attached hydrogen (secondary N) is 1. The van der Waals surface area contributed by atoms with Crippen LogP contribution >= 0.6 is 0 Å². The predicted molar refractivity (Wildman–Crippen MR) is 102 cm³/mol. The maximum absolute atomic E-state index is 12.6. The highest BCUT2D eigenvalue weighted by molar-refractivity contribution is 5.94. The Hall–Kier alpha value is -3.55. The maximum Gasteiger partial charge on any atom is 0.253 e. The van der Waals surface area contributed by atoms with Crippen LogP contribution in [0.4, 0.5) is 0 Å². The van der Waals surface area contributed by atoms with Gasteiger partial charge < -0.3 is 14.6 Å². The molecule has 142 valence electrons. The lowest BCUT2D eigenvalue weighted by Crippen LogP contribution is -2.28. The summed E-state index contributed by atoms with van der Waals surface area (Å²) in [6.45, 7) is 1.10. The number of methoxy groups -OCH3 is 1. The van der Waals surface area contributed by atoms with Gasteiger partial charge in [0.2, 0.25) is 5.88 Å². The third kappa shape index (κ3) is 3.48. The van der Waals surface area contributed by atoms with Crippen LogP contribution in [0.25, 0.3) is 11.3 Å². The number of ether oxygens (including phenoxy) is 1. The van der Waals surface area contributed by atoms with Crippen LogP contribution in [0.2, 0.25) is 0 Å². The molecule has 1 amide bonds. The minimum atomic E-state index is -0.246. The molecule has 1 saturated heterocycles. The molecule has 8 heteroatoms. The second-order valence-electron chi connectivity index (χ2n) is 6.55. The number of aromatic nitrogens is 4. The normalized spacial score (nSPS) is 16.2. The van der Waals surface area contributed by atoms with E-state index in [0.717, 1.165) is 6.42 Å². The fourth-order valence-electron chi connectivity index (χ4n) is 3.40. The molecule has 0 unspecified atom stereocenters. The van der Waals surface area contributed by atoms with Gasteiger partial charge in [-0.05, 0) is 30.7 Å². The Morgan fingerprint density at radius 3 is 2.86 bits per heavy atom. The van der Waals surface area contributed by atoms with Crippen LogP contribution in [0.15, 0.2) is 53.7 Å². The molecular weight excluding hydrogens is 358 g/mol. The second kappa shape index (κ2) is 7.59. The standard InChI is InChI=1S/C20H19N5O3/c1-28-19-15(3-2-7-22-19)16-11-17(26)24-18(23-16)14-6-10-25(12-14)20(27)13-4-8-21-9-5-13/h2-5,7-9,11,14H,6,10,12H2,1H3,(H,23,24,26)/t14-/m0/s1. The van der Waals surface area contributed by atoms with Crippen molar-refractivity contribution in [1.29, 1.82) is 0 Å². The number of aromatic amines is 1. The predicted octanol–water partition coefficient (Wildman–Crippen LogP) is 1.87. The largest absolute Gasteiger partial charge is 0.481 e. The van der Waals surface area contributed by atoms with Gasteiger partial charge >= 0.3 is 0 Å². The number of carbonyl (C=O) groups is 1. The van der Waals surface area contributed by atoms with E-state index in [1.165, 1.54) is 13.2 Å². The van der Waals surface area contributed by atoms with Crippen molar-refractivity contribution in [2.24, 2.45) is 0 Å². The quantitative estimate of drug-likeness (QED) is 0.745. The number of carbonyl (C=O) groups excluding carboxylic acids is 1. The average Bonchev–Trinajstić information content (AvgIpc) is 3.23. The van der Waals surface area contributed by atoms with Crippen LogP contribution in [0, 0.1) is 0 Å². The van der Waals surface area contributed by atoms with Gasteiger partial charge in [-0.2, -0.15) is 0 Å². The van der Waals surface area contributed by atoms with E-state index in [1.54, 1.807) is 41.7 Å². The fourth-order valence-corrected chi connectivity index (χ4v) is 3.40. The number of pyridine rings is 2. The lowest BCUT2D eigenvalue weighted by molar-refractivity contribution is 0.0790. The Bertz CT molecular complexity index is 1050. The first-order valence-corrected chi connectivity index (χ1v) is 8.95. The summed E-state index contributed by atoms with van der Waals surface area (Å²) in [5, 5.41) is 0. The molecule has 0 aliphatic carbocycles. The van der Waals surface area contributed by atoms with Crippen molar-refractivity contribution < 1.29 is 9.53 Å². The summed E-state index contributed by atoms with van der Waals surface area (Å²) < 4.78 is 5.28. The van der Waals surface area contributed by atoms with Crippen LogP contribution in [-0.4, -0.2) is 50.9 Å². The summed E-state index contributed by atoms with van der Waals surface area (Å²) in [7, 11) is 1.53. The number of rotatable bonds is 4. The molecule has 1 atom stereocenters. The average molecular weight is 377 g/mol. The number of hydrogen-bond donors (Lipinski definition) is 1. The zero-order valence-electron chi connectivity index (χ0n) is 15.3. The van der Waals surface area contributed by atoms with E-state index in [2.05, 4.69) is 19.9 Å². The van der Waals surface area contributed by atoms with Gasteiger partial charge in [0.1, 0.15) is 5.82 Å². The third-order valence-electron chi connectivity index (χ3n) is 4.79. The van der Waals surface area contributed by atoms with E-state index < -0.39 is 0 Å².